The number of rotatable bonds is 5. The Kier molecular flexibility index (Phi) is 4.97. The highest BCUT2D eigenvalue weighted by molar-refractivity contribution is 5.84. The summed E-state index contributed by atoms with van der Waals surface area (Å²) >= 11 is 0. The Morgan fingerprint density at radius 3 is 2.53 bits per heavy atom. The maximum absolute atomic E-state index is 12.1. The number of carboxylic acid groups (broad SMARTS) is 1. The van der Waals surface area contributed by atoms with Gasteiger partial charge in [0.1, 0.15) is 6.04 Å². The van der Waals surface area contributed by atoms with Crippen molar-refractivity contribution >= 4 is 11.9 Å². The summed E-state index contributed by atoms with van der Waals surface area (Å²) in [4.78, 5) is 24.7. The molecule has 1 fully saturated rings. The molecule has 1 aliphatic rings. The maximum Gasteiger partial charge on any atom is 0.326 e. The van der Waals surface area contributed by atoms with Crippen molar-refractivity contribution in [1.82, 2.24) is 4.90 Å². The number of nitrogens with zero attached hydrogens (tertiary/aromatic N) is 1. The average Bonchev–Trinajstić information content (AvgIpc) is 2.73. The standard InChI is InChI=1S/C13H23NO3/c1-4-10(9(2)3)8-12(15)14-7-5-6-11(14)13(16)17/h9-11H,4-8H2,1-3H3,(H,16,17)/t10?,11-/m1/s1. The molecule has 1 heterocycles. The topological polar surface area (TPSA) is 57.6 Å². The molecule has 17 heavy (non-hydrogen) atoms. The smallest absolute Gasteiger partial charge is 0.326 e. The van der Waals surface area contributed by atoms with Gasteiger partial charge in [-0.1, -0.05) is 27.2 Å². The van der Waals surface area contributed by atoms with Crippen molar-refractivity contribution in [3.05, 3.63) is 0 Å². The lowest BCUT2D eigenvalue weighted by Gasteiger charge is -2.25. The molecule has 2 atom stereocenters. The van der Waals surface area contributed by atoms with Gasteiger partial charge in [-0.3, -0.25) is 4.79 Å². The van der Waals surface area contributed by atoms with Crippen LogP contribution in [-0.4, -0.2) is 34.5 Å². The molecule has 4 nitrogen and oxygen atoms in total. The predicted molar refractivity (Wildman–Crippen MR) is 65.6 cm³/mol. The number of carbonyl (C=O) groups excluding carboxylic acids is 1. The summed E-state index contributed by atoms with van der Waals surface area (Å²) in [6.45, 7) is 6.90. The fourth-order valence-corrected chi connectivity index (χ4v) is 2.51. The van der Waals surface area contributed by atoms with Crippen LogP contribution in [0.2, 0.25) is 0 Å². The van der Waals surface area contributed by atoms with Crippen molar-refractivity contribution in [3.8, 4) is 0 Å². The zero-order chi connectivity index (χ0) is 13.0. The van der Waals surface area contributed by atoms with E-state index in [9.17, 15) is 9.59 Å². The first-order valence-electron chi connectivity index (χ1n) is 6.49. The third kappa shape index (κ3) is 3.45. The van der Waals surface area contributed by atoms with Crippen molar-refractivity contribution in [2.45, 2.75) is 52.5 Å². The lowest BCUT2D eigenvalue weighted by Crippen LogP contribution is -2.41. The highest BCUT2D eigenvalue weighted by Crippen LogP contribution is 2.24. The Bertz CT molecular complexity index is 288. The summed E-state index contributed by atoms with van der Waals surface area (Å²) < 4.78 is 0. The van der Waals surface area contributed by atoms with Crippen molar-refractivity contribution in [3.63, 3.8) is 0 Å². The summed E-state index contributed by atoms with van der Waals surface area (Å²) in [6.07, 6.45) is 2.85. The Labute approximate surface area is 103 Å². The third-order valence-electron chi connectivity index (χ3n) is 3.76. The van der Waals surface area contributed by atoms with Gasteiger partial charge in [0.15, 0.2) is 0 Å². The fourth-order valence-electron chi connectivity index (χ4n) is 2.51. The number of hydrogen-bond donors (Lipinski definition) is 1. The minimum absolute atomic E-state index is 0.00968. The number of carboxylic acids is 1. The van der Waals surface area contributed by atoms with Crippen LogP contribution in [0.5, 0.6) is 0 Å². The molecule has 98 valence electrons. The minimum atomic E-state index is -0.867. The molecule has 1 N–H and O–H groups in total. The lowest BCUT2D eigenvalue weighted by molar-refractivity contribution is -0.148. The summed E-state index contributed by atoms with van der Waals surface area (Å²) in [7, 11) is 0. The molecule has 1 rings (SSSR count). The van der Waals surface area contributed by atoms with Gasteiger partial charge in [0, 0.05) is 13.0 Å². The second-order valence-corrected chi connectivity index (χ2v) is 5.20. The van der Waals surface area contributed by atoms with E-state index in [1.165, 1.54) is 0 Å². The van der Waals surface area contributed by atoms with Gasteiger partial charge in [-0.25, -0.2) is 4.79 Å². The average molecular weight is 241 g/mol. The van der Waals surface area contributed by atoms with Gasteiger partial charge in [0.25, 0.3) is 0 Å². The zero-order valence-corrected chi connectivity index (χ0v) is 11.0. The van der Waals surface area contributed by atoms with Crippen molar-refractivity contribution in [2.24, 2.45) is 11.8 Å². The van der Waals surface area contributed by atoms with Crippen LogP contribution >= 0.6 is 0 Å². The van der Waals surface area contributed by atoms with Crippen molar-refractivity contribution in [2.75, 3.05) is 6.54 Å². The van der Waals surface area contributed by atoms with Gasteiger partial charge in [-0.15, -0.1) is 0 Å². The van der Waals surface area contributed by atoms with Gasteiger partial charge in [0.05, 0.1) is 0 Å². The SMILES string of the molecule is CCC(CC(=O)N1CCC[C@@H]1C(=O)O)C(C)C. The molecule has 0 aliphatic carbocycles. The number of hydrogen-bond acceptors (Lipinski definition) is 2. The van der Waals surface area contributed by atoms with Gasteiger partial charge in [0.2, 0.25) is 5.91 Å². The minimum Gasteiger partial charge on any atom is -0.480 e. The first-order valence-corrected chi connectivity index (χ1v) is 6.49. The highest BCUT2D eigenvalue weighted by Gasteiger charge is 2.34. The molecule has 0 radical (unpaired) electrons. The Morgan fingerprint density at radius 1 is 1.41 bits per heavy atom. The molecule has 0 aromatic rings. The largest absolute Gasteiger partial charge is 0.480 e. The monoisotopic (exact) mass is 241 g/mol. The van der Waals surface area contributed by atoms with Gasteiger partial charge < -0.3 is 10.0 Å². The second-order valence-electron chi connectivity index (χ2n) is 5.20. The maximum atomic E-state index is 12.1. The van der Waals surface area contributed by atoms with Crippen LogP contribution in [0.4, 0.5) is 0 Å². The number of aliphatic carboxylic acids is 1. The molecular weight excluding hydrogens is 218 g/mol. The third-order valence-corrected chi connectivity index (χ3v) is 3.76. The van der Waals surface area contributed by atoms with Crippen LogP contribution < -0.4 is 0 Å². The molecule has 0 spiro atoms. The fraction of sp³-hybridized carbons (Fsp3) is 0.846. The molecular formula is C13H23NO3. The first-order chi connectivity index (χ1) is 7.97. The molecule has 1 amide bonds. The van der Waals surface area contributed by atoms with Crippen LogP contribution in [0, 0.1) is 11.8 Å². The Balaban J connectivity index is 2.60. The van der Waals surface area contributed by atoms with E-state index in [0.717, 1.165) is 12.8 Å². The molecule has 1 aliphatic heterocycles. The zero-order valence-electron chi connectivity index (χ0n) is 11.0. The number of carbonyl (C=O) groups is 2. The van der Waals surface area contributed by atoms with Crippen LogP contribution in [0.25, 0.3) is 0 Å². The van der Waals surface area contributed by atoms with Crippen LogP contribution in [0.15, 0.2) is 0 Å². The van der Waals surface area contributed by atoms with Crippen LogP contribution in [0.1, 0.15) is 46.5 Å². The van der Waals surface area contributed by atoms with Crippen LogP contribution in [-0.2, 0) is 9.59 Å². The summed E-state index contributed by atoms with van der Waals surface area (Å²) in [6, 6.07) is -0.591. The molecule has 0 bridgehead atoms. The molecule has 0 saturated carbocycles. The second kappa shape index (κ2) is 6.03. The van der Waals surface area contributed by atoms with E-state index < -0.39 is 12.0 Å². The molecule has 0 aromatic heterocycles. The van der Waals surface area contributed by atoms with E-state index >= 15 is 0 Å². The molecule has 1 unspecified atom stereocenters. The normalized spacial score (nSPS) is 21.9. The van der Waals surface area contributed by atoms with E-state index in [0.29, 0.717) is 31.2 Å². The van der Waals surface area contributed by atoms with Gasteiger partial charge in [-0.05, 0) is 24.7 Å². The Morgan fingerprint density at radius 2 is 2.06 bits per heavy atom. The molecule has 0 aromatic carbocycles. The van der Waals surface area contributed by atoms with E-state index in [1.54, 1.807) is 4.90 Å². The predicted octanol–water partition coefficient (Wildman–Crippen LogP) is 2.13. The quantitative estimate of drug-likeness (QED) is 0.802. The van der Waals surface area contributed by atoms with E-state index in [4.69, 9.17) is 5.11 Å². The van der Waals surface area contributed by atoms with Gasteiger partial charge >= 0.3 is 5.97 Å². The van der Waals surface area contributed by atoms with E-state index in [2.05, 4.69) is 20.8 Å². The van der Waals surface area contributed by atoms with E-state index in [-0.39, 0.29) is 5.91 Å². The van der Waals surface area contributed by atoms with E-state index in [1.807, 2.05) is 0 Å². The van der Waals surface area contributed by atoms with Crippen molar-refractivity contribution in [1.29, 1.82) is 0 Å². The summed E-state index contributed by atoms with van der Waals surface area (Å²) in [5.41, 5.74) is 0. The number of amides is 1. The molecule has 4 heteroatoms. The lowest BCUT2D eigenvalue weighted by atomic mass is 9.89. The van der Waals surface area contributed by atoms with Crippen molar-refractivity contribution < 1.29 is 14.7 Å². The number of likely N-dealkylation sites (tertiary alicyclic amines) is 1. The summed E-state index contributed by atoms with van der Waals surface area (Å²) in [5, 5.41) is 9.04. The first kappa shape index (κ1) is 14.0. The van der Waals surface area contributed by atoms with Crippen LogP contribution in [0.3, 0.4) is 0 Å². The molecule has 1 saturated heterocycles. The highest BCUT2D eigenvalue weighted by atomic mass is 16.4. The Hall–Kier alpha value is -1.06. The summed E-state index contributed by atoms with van der Waals surface area (Å²) in [5.74, 6) is -0.0312. The van der Waals surface area contributed by atoms with Gasteiger partial charge in [-0.2, -0.15) is 0 Å².